The number of ketones is 1. The first-order valence-electron chi connectivity index (χ1n) is 10.5. The average Bonchev–Trinajstić information content (AvgIpc) is 2.74. The maximum Gasteiger partial charge on any atom is 0.201 e. The molecule has 4 rings (SSSR count). The predicted molar refractivity (Wildman–Crippen MR) is 112 cm³/mol. The molecule has 154 valence electrons. The maximum absolute atomic E-state index is 13.7. The summed E-state index contributed by atoms with van der Waals surface area (Å²) in [5.41, 5.74) is 0.773. The first-order valence-corrected chi connectivity index (χ1v) is 10.5. The molecule has 0 amide bonds. The zero-order chi connectivity index (χ0) is 20.3. The van der Waals surface area contributed by atoms with Gasteiger partial charge < -0.3 is 4.74 Å². The van der Waals surface area contributed by atoms with Gasteiger partial charge in [-0.25, -0.2) is 0 Å². The van der Waals surface area contributed by atoms with Crippen LogP contribution in [0.15, 0.2) is 48.8 Å². The molecule has 0 aromatic carbocycles. The lowest BCUT2D eigenvalue weighted by atomic mass is 9.75. The van der Waals surface area contributed by atoms with Crippen LogP contribution in [0.25, 0.3) is 0 Å². The van der Waals surface area contributed by atoms with Gasteiger partial charge in [0.2, 0.25) is 5.78 Å². The van der Waals surface area contributed by atoms with Crippen LogP contribution in [-0.2, 0) is 11.3 Å². The molecule has 0 bridgehead atoms. The van der Waals surface area contributed by atoms with Gasteiger partial charge in [0.25, 0.3) is 0 Å². The van der Waals surface area contributed by atoms with Crippen molar-refractivity contribution in [3.8, 4) is 0 Å². The lowest BCUT2D eigenvalue weighted by Gasteiger charge is -2.52. The van der Waals surface area contributed by atoms with E-state index >= 15 is 0 Å². The summed E-state index contributed by atoms with van der Waals surface area (Å²) in [7, 11) is 0. The Morgan fingerprint density at radius 2 is 1.76 bits per heavy atom. The van der Waals surface area contributed by atoms with E-state index in [1.165, 1.54) is 0 Å². The number of aromatic nitrogens is 2. The third-order valence-corrected chi connectivity index (χ3v) is 6.14. The van der Waals surface area contributed by atoms with Crippen molar-refractivity contribution in [3.05, 3.63) is 60.2 Å². The largest absolute Gasteiger partial charge is 0.375 e. The zero-order valence-corrected chi connectivity index (χ0v) is 17.4. The second kappa shape index (κ2) is 8.30. The molecule has 6 nitrogen and oxygen atoms in total. The van der Waals surface area contributed by atoms with Gasteiger partial charge in [0.1, 0.15) is 5.69 Å². The van der Waals surface area contributed by atoms with Crippen molar-refractivity contribution in [2.75, 3.05) is 32.8 Å². The molecule has 29 heavy (non-hydrogen) atoms. The zero-order valence-electron chi connectivity index (χ0n) is 17.4. The summed E-state index contributed by atoms with van der Waals surface area (Å²) in [6.45, 7) is 9.20. The predicted octanol–water partition coefficient (Wildman–Crippen LogP) is 2.80. The Bertz CT molecular complexity index is 819. The number of piperazine rings is 1. The van der Waals surface area contributed by atoms with Gasteiger partial charge in [-0.15, -0.1) is 0 Å². The maximum atomic E-state index is 13.7. The molecule has 0 radical (unpaired) electrons. The van der Waals surface area contributed by atoms with Crippen LogP contribution in [0.3, 0.4) is 0 Å². The minimum absolute atomic E-state index is 0.132. The molecule has 1 atom stereocenters. The molecule has 0 aliphatic carbocycles. The first-order chi connectivity index (χ1) is 14.0. The van der Waals surface area contributed by atoms with E-state index in [4.69, 9.17) is 4.74 Å². The topological polar surface area (TPSA) is 58.6 Å². The van der Waals surface area contributed by atoms with Crippen LogP contribution in [0.4, 0.5) is 0 Å². The van der Waals surface area contributed by atoms with Crippen LogP contribution in [0.1, 0.15) is 42.9 Å². The molecule has 2 aromatic heterocycles. The molecular weight excluding hydrogens is 364 g/mol. The van der Waals surface area contributed by atoms with Crippen molar-refractivity contribution >= 4 is 5.78 Å². The fourth-order valence-electron chi connectivity index (χ4n) is 4.74. The van der Waals surface area contributed by atoms with Gasteiger partial charge in [0.15, 0.2) is 0 Å². The van der Waals surface area contributed by atoms with E-state index in [2.05, 4.69) is 39.7 Å². The fraction of sp³-hybridized carbons (Fsp3) is 0.522. The number of rotatable bonds is 5. The molecule has 1 unspecified atom stereocenters. The monoisotopic (exact) mass is 394 g/mol. The second-order valence-electron chi connectivity index (χ2n) is 8.69. The Kier molecular flexibility index (Phi) is 5.76. The molecule has 0 N–H and O–H groups in total. The SMILES string of the molecule is CC1(C)CC(C(=O)c2ccccn2)(N2CCN(Cc3ccccn3)CC2)CCO1. The van der Waals surface area contributed by atoms with Crippen molar-refractivity contribution in [2.45, 2.75) is 44.4 Å². The summed E-state index contributed by atoms with van der Waals surface area (Å²) < 4.78 is 5.98. The van der Waals surface area contributed by atoms with Crippen LogP contribution in [0, 0.1) is 0 Å². The number of pyridine rings is 2. The Hall–Kier alpha value is -2.15. The molecule has 2 aliphatic rings. The summed E-state index contributed by atoms with van der Waals surface area (Å²) in [6, 6.07) is 11.6. The number of hydrogen-bond acceptors (Lipinski definition) is 6. The van der Waals surface area contributed by atoms with Crippen LogP contribution in [-0.4, -0.2) is 69.5 Å². The Morgan fingerprint density at radius 3 is 2.38 bits per heavy atom. The number of carbonyl (C=O) groups excluding carboxylic acids is 1. The van der Waals surface area contributed by atoms with Crippen LogP contribution < -0.4 is 0 Å². The minimum Gasteiger partial charge on any atom is -0.375 e. The minimum atomic E-state index is -0.548. The molecule has 2 aliphatic heterocycles. The van der Waals surface area contributed by atoms with Crippen molar-refractivity contribution in [2.24, 2.45) is 0 Å². The van der Waals surface area contributed by atoms with Gasteiger partial charge in [-0.3, -0.25) is 24.6 Å². The summed E-state index contributed by atoms with van der Waals surface area (Å²) in [6.07, 6.45) is 4.95. The number of hydrogen-bond donors (Lipinski definition) is 0. The van der Waals surface area contributed by atoms with Crippen molar-refractivity contribution in [1.29, 1.82) is 0 Å². The van der Waals surface area contributed by atoms with Gasteiger partial charge in [-0.1, -0.05) is 12.1 Å². The van der Waals surface area contributed by atoms with Crippen LogP contribution in [0.2, 0.25) is 0 Å². The van der Waals surface area contributed by atoms with Crippen molar-refractivity contribution < 1.29 is 9.53 Å². The normalized spacial score (nSPS) is 25.6. The Morgan fingerprint density at radius 1 is 1.03 bits per heavy atom. The Balaban J connectivity index is 1.52. The molecule has 0 saturated carbocycles. The molecule has 6 heteroatoms. The highest BCUT2D eigenvalue weighted by Gasteiger charge is 2.51. The van der Waals surface area contributed by atoms with E-state index in [0.29, 0.717) is 25.1 Å². The van der Waals surface area contributed by atoms with Gasteiger partial charge >= 0.3 is 0 Å². The molecule has 2 fully saturated rings. The molecule has 4 heterocycles. The molecule has 2 aromatic rings. The second-order valence-corrected chi connectivity index (χ2v) is 8.69. The highest BCUT2D eigenvalue weighted by atomic mass is 16.5. The quantitative estimate of drug-likeness (QED) is 0.727. The van der Waals surface area contributed by atoms with E-state index in [1.54, 1.807) is 6.20 Å². The van der Waals surface area contributed by atoms with Gasteiger partial charge in [-0.05, 0) is 44.5 Å². The Labute approximate surface area is 172 Å². The standard InChI is InChI=1S/C23H30N4O2/c1-22(2)18-23(9-16-29-22,21(28)20-8-4-6-11-25-20)27-14-12-26(13-15-27)17-19-7-3-5-10-24-19/h3-8,10-11H,9,12-18H2,1-2H3. The smallest absolute Gasteiger partial charge is 0.201 e. The van der Waals surface area contributed by atoms with E-state index in [9.17, 15) is 4.79 Å². The van der Waals surface area contributed by atoms with Crippen LogP contribution >= 0.6 is 0 Å². The molecule has 0 spiro atoms. The van der Waals surface area contributed by atoms with E-state index < -0.39 is 5.54 Å². The van der Waals surface area contributed by atoms with E-state index in [0.717, 1.165) is 38.4 Å². The highest BCUT2D eigenvalue weighted by molar-refractivity contribution is 6.02. The van der Waals surface area contributed by atoms with Crippen molar-refractivity contribution in [3.63, 3.8) is 0 Å². The van der Waals surface area contributed by atoms with Crippen LogP contribution in [0.5, 0.6) is 0 Å². The number of carbonyl (C=O) groups is 1. The van der Waals surface area contributed by atoms with Gasteiger partial charge in [-0.2, -0.15) is 0 Å². The fourth-order valence-corrected chi connectivity index (χ4v) is 4.74. The van der Waals surface area contributed by atoms with Gasteiger partial charge in [0.05, 0.1) is 16.8 Å². The summed E-state index contributed by atoms with van der Waals surface area (Å²) >= 11 is 0. The average molecular weight is 395 g/mol. The first kappa shape index (κ1) is 20.1. The van der Waals surface area contributed by atoms with E-state index in [1.807, 2.05) is 36.5 Å². The third-order valence-electron chi connectivity index (χ3n) is 6.14. The third kappa shape index (κ3) is 4.39. The number of Topliss-reactive ketones (excluding diaryl/α,β-unsaturated/α-hetero) is 1. The lowest BCUT2D eigenvalue weighted by Crippen LogP contribution is -2.65. The summed E-state index contributed by atoms with van der Waals surface area (Å²) in [5.74, 6) is 0.132. The summed E-state index contributed by atoms with van der Waals surface area (Å²) in [5, 5.41) is 0. The van der Waals surface area contributed by atoms with E-state index in [-0.39, 0.29) is 11.4 Å². The molecular formula is C23H30N4O2. The number of nitrogens with zero attached hydrogens (tertiary/aromatic N) is 4. The number of ether oxygens (including phenoxy) is 1. The lowest BCUT2D eigenvalue weighted by molar-refractivity contribution is -0.113. The summed E-state index contributed by atoms with van der Waals surface area (Å²) in [4.78, 5) is 27.3. The molecule has 2 saturated heterocycles. The van der Waals surface area contributed by atoms with Crippen molar-refractivity contribution in [1.82, 2.24) is 19.8 Å². The van der Waals surface area contributed by atoms with Gasteiger partial charge in [0, 0.05) is 58.1 Å². The highest BCUT2D eigenvalue weighted by Crippen LogP contribution is 2.39.